The number of rotatable bonds is 7. The maximum Gasteiger partial charge on any atom is 0.201 e. The highest BCUT2D eigenvalue weighted by Crippen LogP contribution is 2.03. The normalized spacial score (nSPS) is 19.5. The number of aliphatic hydroxyl groups is 4. The van der Waals surface area contributed by atoms with Crippen molar-refractivity contribution in [2.45, 2.75) is 24.4 Å². The van der Waals surface area contributed by atoms with Gasteiger partial charge in [-0.1, -0.05) is 0 Å². The molecule has 0 aromatic rings. The van der Waals surface area contributed by atoms with Crippen LogP contribution in [-0.2, 0) is 15.7 Å². The van der Waals surface area contributed by atoms with Crippen LogP contribution in [0, 0.1) is 0 Å². The minimum atomic E-state index is -2.93. The number of aldehydes is 1. The molecule has 4 atom stereocenters. The summed E-state index contributed by atoms with van der Waals surface area (Å²) in [6, 6.07) is 0. The molecule has 0 amide bonds. The maximum absolute atomic E-state index is 10.1. The lowest BCUT2D eigenvalue weighted by Crippen LogP contribution is -2.48. The molecule has 0 rings (SSSR count). The SMILES string of the molecule is O=CC(O)C(O)C(O)C(O)CN[SH](=O)=O. The van der Waals surface area contributed by atoms with E-state index in [0.29, 0.717) is 0 Å². The van der Waals surface area contributed by atoms with E-state index in [2.05, 4.69) is 0 Å². The molecule has 0 fully saturated rings. The standard InChI is InChI=1S/C6H13NO7S/c8-2-4(10)6(12)5(11)3(9)1-7-15(13)14/h2-6,9-12,15H,1H2,(H,7,13,14). The fourth-order valence-corrected chi connectivity index (χ4v) is 1.14. The van der Waals surface area contributed by atoms with Crippen LogP contribution in [0.15, 0.2) is 0 Å². The Morgan fingerprint density at radius 1 is 1.13 bits per heavy atom. The Kier molecular flexibility index (Phi) is 6.56. The van der Waals surface area contributed by atoms with E-state index in [9.17, 15) is 13.2 Å². The molecule has 0 radical (unpaired) electrons. The fourth-order valence-electron chi connectivity index (χ4n) is 0.799. The summed E-state index contributed by atoms with van der Waals surface area (Å²) < 4.78 is 21.9. The molecule has 0 aliphatic carbocycles. The molecule has 0 heterocycles. The Hall–Kier alpha value is -0.580. The first kappa shape index (κ1) is 14.4. The van der Waals surface area contributed by atoms with E-state index in [1.165, 1.54) is 0 Å². The predicted molar refractivity (Wildman–Crippen MR) is 48.4 cm³/mol. The third-order valence-corrected chi connectivity index (χ3v) is 2.10. The lowest BCUT2D eigenvalue weighted by atomic mass is 10.0. The molecule has 0 aliphatic heterocycles. The Bertz CT molecular complexity index is 260. The second-order valence-electron chi connectivity index (χ2n) is 2.79. The third kappa shape index (κ3) is 5.16. The van der Waals surface area contributed by atoms with Crippen LogP contribution in [0.2, 0.25) is 0 Å². The molecule has 0 saturated heterocycles. The quantitative estimate of drug-likeness (QED) is 0.196. The highest BCUT2D eigenvalue weighted by molar-refractivity contribution is 7.70. The summed E-state index contributed by atoms with van der Waals surface area (Å²) in [7, 11) is -2.93. The van der Waals surface area contributed by atoms with Crippen molar-refractivity contribution in [2.24, 2.45) is 0 Å². The third-order valence-electron chi connectivity index (χ3n) is 1.66. The number of nitrogens with one attached hydrogen (secondary N) is 1. The maximum atomic E-state index is 10.1. The molecule has 15 heavy (non-hydrogen) atoms. The van der Waals surface area contributed by atoms with Gasteiger partial charge >= 0.3 is 0 Å². The largest absolute Gasteiger partial charge is 0.389 e. The van der Waals surface area contributed by atoms with Crippen molar-refractivity contribution in [3.63, 3.8) is 0 Å². The molecule has 9 heteroatoms. The van der Waals surface area contributed by atoms with Crippen LogP contribution in [0.5, 0.6) is 0 Å². The van der Waals surface area contributed by atoms with Gasteiger partial charge in [-0.2, -0.15) is 0 Å². The van der Waals surface area contributed by atoms with Gasteiger partial charge in [0.2, 0.25) is 10.9 Å². The Balaban J connectivity index is 4.17. The van der Waals surface area contributed by atoms with Gasteiger partial charge in [-0.25, -0.2) is 13.1 Å². The molecule has 0 aromatic heterocycles. The minimum absolute atomic E-state index is 0.0118. The van der Waals surface area contributed by atoms with E-state index in [0.717, 1.165) is 0 Å². The zero-order valence-corrected chi connectivity index (χ0v) is 8.45. The number of hydrogen-bond donors (Lipinski definition) is 6. The molecule has 0 spiro atoms. The molecular formula is C6H13NO7S. The first-order chi connectivity index (χ1) is 6.90. The number of hydrogen-bond acceptors (Lipinski definition) is 7. The monoisotopic (exact) mass is 243 g/mol. The smallest absolute Gasteiger partial charge is 0.201 e. The zero-order valence-electron chi connectivity index (χ0n) is 7.55. The van der Waals surface area contributed by atoms with Gasteiger partial charge in [-0.05, 0) is 0 Å². The highest BCUT2D eigenvalue weighted by Gasteiger charge is 2.29. The summed E-state index contributed by atoms with van der Waals surface area (Å²) in [6.45, 7) is -0.525. The summed E-state index contributed by atoms with van der Waals surface area (Å²) in [4.78, 5) is 10.0. The Morgan fingerprint density at radius 3 is 2.07 bits per heavy atom. The van der Waals surface area contributed by atoms with Crippen molar-refractivity contribution in [1.82, 2.24) is 4.72 Å². The molecule has 0 bridgehead atoms. The van der Waals surface area contributed by atoms with Gasteiger partial charge in [-0.3, -0.25) is 0 Å². The minimum Gasteiger partial charge on any atom is -0.389 e. The van der Waals surface area contributed by atoms with Crippen LogP contribution in [0.4, 0.5) is 0 Å². The van der Waals surface area contributed by atoms with E-state index in [-0.39, 0.29) is 6.29 Å². The van der Waals surface area contributed by atoms with Gasteiger partial charge in [0.05, 0.1) is 6.10 Å². The van der Waals surface area contributed by atoms with Gasteiger partial charge < -0.3 is 25.2 Å². The summed E-state index contributed by atoms with van der Waals surface area (Å²) in [5.41, 5.74) is 0. The average molecular weight is 243 g/mol. The van der Waals surface area contributed by atoms with Crippen LogP contribution >= 0.6 is 0 Å². The average Bonchev–Trinajstić information content (AvgIpc) is 2.22. The molecule has 0 saturated carbocycles. The summed E-state index contributed by atoms with van der Waals surface area (Å²) in [5.74, 6) is 0. The first-order valence-corrected chi connectivity index (χ1v) is 5.13. The summed E-state index contributed by atoms with van der Waals surface area (Å²) in [6.07, 6.45) is -7.17. The Labute approximate surface area is 87.2 Å². The summed E-state index contributed by atoms with van der Waals surface area (Å²) >= 11 is 0. The lowest BCUT2D eigenvalue weighted by molar-refractivity contribution is -0.133. The molecule has 90 valence electrons. The van der Waals surface area contributed by atoms with Crippen molar-refractivity contribution >= 4 is 17.2 Å². The van der Waals surface area contributed by atoms with Crippen LogP contribution in [0.25, 0.3) is 0 Å². The van der Waals surface area contributed by atoms with Crippen molar-refractivity contribution in [3.05, 3.63) is 0 Å². The molecule has 5 N–H and O–H groups in total. The van der Waals surface area contributed by atoms with Gasteiger partial charge in [0.25, 0.3) is 0 Å². The molecule has 0 aromatic carbocycles. The van der Waals surface area contributed by atoms with Crippen LogP contribution < -0.4 is 4.72 Å². The number of carbonyl (C=O) groups excluding carboxylic acids is 1. The Morgan fingerprint density at radius 2 is 1.67 bits per heavy atom. The van der Waals surface area contributed by atoms with Crippen LogP contribution in [0.3, 0.4) is 0 Å². The second-order valence-corrected chi connectivity index (χ2v) is 3.63. The van der Waals surface area contributed by atoms with Crippen molar-refractivity contribution < 1.29 is 33.6 Å². The fraction of sp³-hybridized carbons (Fsp3) is 0.833. The second kappa shape index (κ2) is 6.82. The van der Waals surface area contributed by atoms with Crippen LogP contribution in [-0.4, -0.2) is 66.1 Å². The van der Waals surface area contributed by atoms with Crippen LogP contribution in [0.1, 0.15) is 0 Å². The van der Waals surface area contributed by atoms with Crippen molar-refractivity contribution in [1.29, 1.82) is 0 Å². The van der Waals surface area contributed by atoms with Crippen molar-refractivity contribution in [3.8, 4) is 0 Å². The first-order valence-electron chi connectivity index (χ1n) is 3.95. The van der Waals surface area contributed by atoms with E-state index in [4.69, 9.17) is 20.4 Å². The molecular weight excluding hydrogens is 230 g/mol. The lowest BCUT2D eigenvalue weighted by Gasteiger charge is -2.23. The van der Waals surface area contributed by atoms with Crippen molar-refractivity contribution in [2.75, 3.05) is 6.54 Å². The highest BCUT2D eigenvalue weighted by atomic mass is 32.2. The van der Waals surface area contributed by atoms with E-state index in [1.807, 2.05) is 0 Å². The van der Waals surface area contributed by atoms with E-state index < -0.39 is 41.9 Å². The molecule has 8 nitrogen and oxygen atoms in total. The predicted octanol–water partition coefficient (Wildman–Crippen LogP) is -4.26. The van der Waals surface area contributed by atoms with Gasteiger partial charge in [0.1, 0.15) is 18.3 Å². The van der Waals surface area contributed by atoms with Gasteiger partial charge in [0.15, 0.2) is 6.29 Å². The summed E-state index contributed by atoms with van der Waals surface area (Å²) in [5, 5.41) is 36.1. The zero-order chi connectivity index (χ0) is 12.0. The molecule has 4 unspecified atom stereocenters. The number of thiol groups is 1. The van der Waals surface area contributed by atoms with Gasteiger partial charge in [0, 0.05) is 6.54 Å². The topological polar surface area (TPSA) is 144 Å². The van der Waals surface area contributed by atoms with E-state index in [1.54, 1.807) is 4.72 Å². The number of carbonyl (C=O) groups is 1. The number of aliphatic hydroxyl groups excluding tert-OH is 4. The molecule has 0 aliphatic rings. The van der Waals surface area contributed by atoms with E-state index >= 15 is 0 Å². The van der Waals surface area contributed by atoms with Gasteiger partial charge in [-0.15, -0.1) is 0 Å².